The van der Waals surface area contributed by atoms with Gasteiger partial charge in [-0.05, 0) is 35.9 Å². The van der Waals surface area contributed by atoms with Gasteiger partial charge in [0, 0.05) is 36.9 Å². The lowest BCUT2D eigenvalue weighted by molar-refractivity contribution is -0.140. The number of hydrogen-bond donors (Lipinski definition) is 0. The predicted molar refractivity (Wildman–Crippen MR) is 111 cm³/mol. The molecule has 2 heterocycles. The lowest BCUT2D eigenvalue weighted by Gasteiger charge is -2.38. The van der Waals surface area contributed by atoms with E-state index in [0.717, 1.165) is 17.7 Å². The van der Waals surface area contributed by atoms with E-state index >= 15 is 0 Å². The van der Waals surface area contributed by atoms with E-state index in [1.54, 1.807) is 30.3 Å². The number of nitrogens with zero attached hydrogens (tertiary/aromatic N) is 3. The molecule has 0 spiro atoms. The fourth-order valence-corrected chi connectivity index (χ4v) is 4.19. The predicted octanol–water partition coefficient (Wildman–Crippen LogP) is 3.81. The molecule has 4 rings (SSSR count). The molecule has 0 saturated carbocycles. The van der Waals surface area contributed by atoms with Crippen molar-refractivity contribution < 1.29 is 22.8 Å². The van der Waals surface area contributed by atoms with E-state index in [1.165, 1.54) is 11.0 Å². The summed E-state index contributed by atoms with van der Waals surface area (Å²) in [4.78, 5) is 30.4. The van der Waals surface area contributed by atoms with Gasteiger partial charge in [-0.3, -0.25) is 19.4 Å². The zero-order chi connectivity index (χ0) is 22.2. The number of anilines is 1. The Labute approximate surface area is 183 Å². The molecule has 2 aliphatic heterocycles. The Morgan fingerprint density at radius 3 is 2.29 bits per heavy atom. The fourth-order valence-electron chi connectivity index (χ4n) is 4.06. The van der Waals surface area contributed by atoms with Gasteiger partial charge in [-0.2, -0.15) is 13.2 Å². The summed E-state index contributed by atoms with van der Waals surface area (Å²) in [5.41, 5.74) is 0.649. The van der Waals surface area contributed by atoms with Gasteiger partial charge in [-0.25, -0.2) is 0 Å². The number of hydrogen-bond acceptors (Lipinski definition) is 4. The van der Waals surface area contributed by atoms with E-state index < -0.39 is 17.8 Å². The summed E-state index contributed by atoms with van der Waals surface area (Å²) in [6, 6.07) is 11.7. The van der Waals surface area contributed by atoms with Crippen LogP contribution in [0, 0.1) is 0 Å². The molecule has 2 saturated heterocycles. The Kier molecular flexibility index (Phi) is 5.94. The van der Waals surface area contributed by atoms with Crippen molar-refractivity contribution in [1.29, 1.82) is 0 Å². The van der Waals surface area contributed by atoms with E-state index in [4.69, 9.17) is 11.6 Å². The van der Waals surface area contributed by atoms with Crippen LogP contribution in [0.2, 0.25) is 5.02 Å². The average molecular weight is 452 g/mol. The first-order chi connectivity index (χ1) is 14.7. The van der Waals surface area contributed by atoms with Crippen molar-refractivity contribution in [3.8, 4) is 0 Å². The molecule has 0 aliphatic carbocycles. The number of benzene rings is 2. The normalized spacial score (nSPS) is 20.6. The molecule has 0 aromatic heterocycles. The minimum absolute atomic E-state index is 0.121. The first kappa shape index (κ1) is 21.6. The number of piperazine rings is 1. The third-order valence-corrected chi connectivity index (χ3v) is 6.02. The third-order valence-electron chi connectivity index (χ3n) is 5.77. The van der Waals surface area contributed by atoms with E-state index in [0.29, 0.717) is 36.9 Å². The van der Waals surface area contributed by atoms with Crippen LogP contribution in [0.4, 0.5) is 18.9 Å². The van der Waals surface area contributed by atoms with Gasteiger partial charge in [0.1, 0.15) is 0 Å². The van der Waals surface area contributed by atoms with Crippen molar-refractivity contribution in [2.24, 2.45) is 0 Å². The van der Waals surface area contributed by atoms with Crippen molar-refractivity contribution in [2.75, 3.05) is 31.1 Å². The average Bonchev–Trinajstić information content (AvgIpc) is 3.03. The van der Waals surface area contributed by atoms with Crippen molar-refractivity contribution in [2.45, 2.75) is 25.2 Å². The molecular formula is C22H21ClF3N3O2. The minimum atomic E-state index is -4.39. The molecule has 9 heteroatoms. The van der Waals surface area contributed by atoms with Crippen LogP contribution in [0.3, 0.4) is 0 Å². The Morgan fingerprint density at radius 1 is 0.968 bits per heavy atom. The maximum atomic E-state index is 13.0. The number of amides is 2. The third kappa shape index (κ3) is 4.70. The number of imide groups is 1. The topological polar surface area (TPSA) is 43.9 Å². The molecule has 164 valence electrons. The molecule has 2 amide bonds. The zero-order valence-corrected chi connectivity index (χ0v) is 17.4. The van der Waals surface area contributed by atoms with Gasteiger partial charge in [0.2, 0.25) is 11.8 Å². The number of alkyl halides is 3. The summed E-state index contributed by atoms with van der Waals surface area (Å²) >= 11 is 5.88. The molecule has 0 N–H and O–H groups in total. The van der Waals surface area contributed by atoms with E-state index in [2.05, 4.69) is 0 Å². The van der Waals surface area contributed by atoms with Crippen LogP contribution >= 0.6 is 11.6 Å². The maximum Gasteiger partial charge on any atom is 0.416 e. The van der Waals surface area contributed by atoms with Gasteiger partial charge in [-0.15, -0.1) is 0 Å². The van der Waals surface area contributed by atoms with Crippen LogP contribution in [-0.2, 0) is 22.3 Å². The second kappa shape index (κ2) is 8.51. The van der Waals surface area contributed by atoms with E-state index in [-0.39, 0.29) is 24.8 Å². The Balaban J connectivity index is 1.38. The SMILES string of the molecule is O=C1CC(N2CCN(c3cccc(C(F)(F)F)c3)CC2)C(=O)N1Cc1ccc(Cl)cc1. The summed E-state index contributed by atoms with van der Waals surface area (Å²) < 4.78 is 39.0. The summed E-state index contributed by atoms with van der Waals surface area (Å²) in [5, 5.41) is 0.583. The summed E-state index contributed by atoms with van der Waals surface area (Å²) in [5.74, 6) is -0.447. The molecule has 2 fully saturated rings. The Bertz CT molecular complexity index is 973. The van der Waals surface area contributed by atoms with Crippen molar-refractivity contribution >= 4 is 29.1 Å². The molecule has 2 aromatic carbocycles. The highest BCUT2D eigenvalue weighted by molar-refractivity contribution is 6.30. The summed E-state index contributed by atoms with van der Waals surface area (Å²) in [6.45, 7) is 2.16. The van der Waals surface area contributed by atoms with Gasteiger partial charge < -0.3 is 4.90 Å². The number of carbonyl (C=O) groups excluding carboxylic acids is 2. The van der Waals surface area contributed by atoms with Crippen LogP contribution in [0.25, 0.3) is 0 Å². The molecule has 2 aromatic rings. The molecule has 5 nitrogen and oxygen atoms in total. The summed E-state index contributed by atoms with van der Waals surface area (Å²) in [6.07, 6.45) is -4.27. The zero-order valence-electron chi connectivity index (χ0n) is 16.6. The maximum absolute atomic E-state index is 13.0. The van der Waals surface area contributed by atoms with E-state index in [9.17, 15) is 22.8 Å². The Morgan fingerprint density at radius 2 is 1.65 bits per heavy atom. The van der Waals surface area contributed by atoms with Gasteiger partial charge >= 0.3 is 6.18 Å². The van der Waals surface area contributed by atoms with Gasteiger partial charge in [0.25, 0.3) is 0 Å². The number of likely N-dealkylation sites (tertiary alicyclic amines) is 1. The van der Waals surface area contributed by atoms with Gasteiger partial charge in [0.05, 0.1) is 24.6 Å². The number of rotatable bonds is 4. The molecule has 1 unspecified atom stereocenters. The van der Waals surface area contributed by atoms with Crippen LogP contribution in [-0.4, -0.2) is 53.8 Å². The standard InChI is InChI=1S/C22H21ClF3N3O2/c23-17-6-4-15(5-7-17)14-29-20(30)13-19(21(29)31)28-10-8-27(9-11-28)18-3-1-2-16(12-18)22(24,25)26/h1-7,12,19H,8-11,13-14H2. The Hall–Kier alpha value is -2.58. The van der Waals surface area contributed by atoms with Crippen molar-refractivity contribution in [1.82, 2.24) is 9.80 Å². The van der Waals surface area contributed by atoms with Crippen LogP contribution in [0.15, 0.2) is 48.5 Å². The second-order valence-electron chi connectivity index (χ2n) is 7.74. The minimum Gasteiger partial charge on any atom is -0.369 e. The smallest absolute Gasteiger partial charge is 0.369 e. The summed E-state index contributed by atoms with van der Waals surface area (Å²) in [7, 11) is 0. The quantitative estimate of drug-likeness (QED) is 0.663. The molecule has 1 atom stereocenters. The monoisotopic (exact) mass is 451 g/mol. The molecule has 2 aliphatic rings. The first-order valence-corrected chi connectivity index (χ1v) is 10.3. The van der Waals surface area contributed by atoms with Crippen molar-refractivity contribution in [3.63, 3.8) is 0 Å². The molecular weight excluding hydrogens is 431 g/mol. The molecule has 31 heavy (non-hydrogen) atoms. The van der Waals surface area contributed by atoms with E-state index in [1.807, 2.05) is 9.80 Å². The van der Waals surface area contributed by atoms with Crippen LogP contribution < -0.4 is 4.90 Å². The van der Waals surface area contributed by atoms with Crippen LogP contribution in [0.5, 0.6) is 0 Å². The first-order valence-electron chi connectivity index (χ1n) is 9.97. The lowest BCUT2D eigenvalue weighted by Crippen LogP contribution is -2.52. The number of halogens is 4. The van der Waals surface area contributed by atoms with Crippen molar-refractivity contribution in [3.05, 3.63) is 64.7 Å². The second-order valence-corrected chi connectivity index (χ2v) is 8.17. The largest absolute Gasteiger partial charge is 0.416 e. The lowest BCUT2D eigenvalue weighted by atomic mass is 10.1. The highest BCUT2D eigenvalue weighted by Gasteiger charge is 2.42. The highest BCUT2D eigenvalue weighted by Crippen LogP contribution is 2.32. The fraction of sp³-hybridized carbons (Fsp3) is 0.364. The number of carbonyl (C=O) groups is 2. The van der Waals surface area contributed by atoms with Gasteiger partial charge in [0.15, 0.2) is 0 Å². The molecule has 0 radical (unpaired) electrons. The molecule has 0 bridgehead atoms. The van der Waals surface area contributed by atoms with Crippen LogP contribution in [0.1, 0.15) is 17.5 Å². The highest BCUT2D eigenvalue weighted by atomic mass is 35.5. The van der Waals surface area contributed by atoms with Gasteiger partial charge in [-0.1, -0.05) is 29.8 Å².